The van der Waals surface area contributed by atoms with Crippen LogP contribution in [0.5, 0.6) is 0 Å². The average Bonchev–Trinajstić information content (AvgIpc) is 3.72. The number of ether oxygens (including phenoxy) is 2. The molecule has 0 spiro atoms. The molecule has 2 aliphatic heterocycles. The predicted molar refractivity (Wildman–Crippen MR) is 282 cm³/mol. The fourth-order valence-corrected chi connectivity index (χ4v) is 15.9. The van der Waals surface area contributed by atoms with Gasteiger partial charge >= 0.3 is 0 Å². The molecule has 7 unspecified atom stereocenters. The van der Waals surface area contributed by atoms with Crippen molar-refractivity contribution in [2.75, 3.05) is 0 Å². The molecule has 0 amide bonds. The standard InChI is InChI=1S/C66H64O2/c1-63(2)46-21-13-15-23-54(46)67-61-50(63)33-31-48-59(61)43-28-26-38(35-52(43)65(48,5)6)56-41-19-11-12-20-42(41)57(58-40-18-10-9-17-37(40)25-30-45(56)58)39-27-29-44-53(36-39)66(7,8)49-32-34-51-62(60(44)49)68-55-24-16-14-22-47(55)64(51,3)4/h9-12,15-20,23-35,47-49,53,55,59-60H,13-14,21-22,36H2,1-8H3. The summed E-state index contributed by atoms with van der Waals surface area (Å²) in [4.78, 5) is 0. The Morgan fingerprint density at radius 3 is 2.22 bits per heavy atom. The molecule has 340 valence electrons. The van der Waals surface area contributed by atoms with Gasteiger partial charge in [0.2, 0.25) is 0 Å². The minimum Gasteiger partial charge on any atom is -0.489 e. The van der Waals surface area contributed by atoms with Gasteiger partial charge < -0.3 is 9.47 Å². The second kappa shape index (κ2) is 13.9. The van der Waals surface area contributed by atoms with Crippen molar-refractivity contribution < 1.29 is 9.47 Å². The van der Waals surface area contributed by atoms with Crippen molar-refractivity contribution in [2.45, 2.75) is 105 Å². The molecule has 0 saturated heterocycles. The van der Waals surface area contributed by atoms with E-state index < -0.39 is 0 Å². The zero-order valence-electron chi connectivity index (χ0n) is 41.2. The van der Waals surface area contributed by atoms with Gasteiger partial charge in [0.1, 0.15) is 23.4 Å². The molecule has 2 heterocycles. The summed E-state index contributed by atoms with van der Waals surface area (Å²) in [5, 5.41) is 7.98. The van der Waals surface area contributed by atoms with Gasteiger partial charge in [-0.3, -0.25) is 0 Å². The van der Waals surface area contributed by atoms with Gasteiger partial charge in [0.05, 0.1) is 0 Å². The maximum atomic E-state index is 7.20. The topological polar surface area (TPSA) is 18.5 Å². The molecule has 2 heteroatoms. The van der Waals surface area contributed by atoms with Crippen molar-refractivity contribution in [3.8, 4) is 11.1 Å². The number of fused-ring (bicyclic) bond motifs is 13. The molecular formula is C66H64O2. The molecule has 5 aromatic carbocycles. The van der Waals surface area contributed by atoms with Crippen LogP contribution in [0.3, 0.4) is 0 Å². The van der Waals surface area contributed by atoms with Crippen molar-refractivity contribution in [3.05, 3.63) is 196 Å². The highest BCUT2D eigenvalue weighted by Gasteiger charge is 2.58. The highest BCUT2D eigenvalue weighted by atomic mass is 16.5. The number of allylic oxidation sites excluding steroid dienone is 15. The molecule has 0 bridgehead atoms. The summed E-state index contributed by atoms with van der Waals surface area (Å²) >= 11 is 0. The monoisotopic (exact) mass is 888 g/mol. The van der Waals surface area contributed by atoms with E-state index in [9.17, 15) is 0 Å². The number of hydrogen-bond donors (Lipinski definition) is 0. The van der Waals surface area contributed by atoms with Gasteiger partial charge in [-0.1, -0.05) is 188 Å². The Balaban J connectivity index is 0.936. The largest absolute Gasteiger partial charge is 0.489 e. The molecule has 0 N–H and O–H groups in total. The highest BCUT2D eigenvalue weighted by Crippen LogP contribution is 2.66. The van der Waals surface area contributed by atoms with Gasteiger partial charge in [-0.25, -0.2) is 0 Å². The van der Waals surface area contributed by atoms with E-state index in [-0.39, 0.29) is 39.6 Å². The Labute approximate surface area is 403 Å². The van der Waals surface area contributed by atoms with E-state index in [0.717, 1.165) is 31.4 Å². The van der Waals surface area contributed by atoms with Crippen molar-refractivity contribution in [2.24, 2.45) is 45.8 Å². The molecule has 7 atom stereocenters. The fourth-order valence-electron chi connectivity index (χ4n) is 15.9. The molecule has 1 fully saturated rings. The minimum atomic E-state index is -0.0880. The van der Waals surface area contributed by atoms with Crippen molar-refractivity contribution in [3.63, 3.8) is 0 Å². The fraction of sp³-hybridized carbons (Fsp3) is 0.364. The van der Waals surface area contributed by atoms with Crippen LogP contribution in [0.1, 0.15) is 110 Å². The van der Waals surface area contributed by atoms with Crippen molar-refractivity contribution in [1.29, 1.82) is 0 Å². The van der Waals surface area contributed by atoms with Gasteiger partial charge in [0.15, 0.2) is 0 Å². The second-order valence-electron chi connectivity index (χ2n) is 24.2. The lowest BCUT2D eigenvalue weighted by molar-refractivity contribution is -0.00412. The molecule has 68 heavy (non-hydrogen) atoms. The smallest absolute Gasteiger partial charge is 0.126 e. The van der Waals surface area contributed by atoms with Crippen LogP contribution >= 0.6 is 0 Å². The third kappa shape index (κ3) is 5.30. The van der Waals surface area contributed by atoms with E-state index >= 15 is 0 Å². The summed E-state index contributed by atoms with van der Waals surface area (Å²) < 4.78 is 14.3. The van der Waals surface area contributed by atoms with Gasteiger partial charge in [0.25, 0.3) is 0 Å². The van der Waals surface area contributed by atoms with Gasteiger partial charge in [-0.15, -0.1) is 0 Å². The lowest BCUT2D eigenvalue weighted by atomic mass is 9.62. The zero-order chi connectivity index (χ0) is 46.2. The van der Waals surface area contributed by atoms with Crippen LogP contribution in [0.15, 0.2) is 179 Å². The highest BCUT2D eigenvalue weighted by molar-refractivity contribution is 6.25. The van der Waals surface area contributed by atoms with Crippen LogP contribution in [-0.2, 0) is 14.9 Å². The first-order valence-corrected chi connectivity index (χ1v) is 25.9. The van der Waals surface area contributed by atoms with Crippen molar-refractivity contribution >= 4 is 37.9 Å². The first-order chi connectivity index (χ1) is 32.8. The van der Waals surface area contributed by atoms with Crippen LogP contribution in [0.25, 0.3) is 49.0 Å². The van der Waals surface area contributed by atoms with Crippen LogP contribution in [0, 0.1) is 45.8 Å². The Hall–Kier alpha value is -5.86. The summed E-state index contributed by atoms with van der Waals surface area (Å²) in [5.74, 6) is 5.58. The van der Waals surface area contributed by atoms with Crippen molar-refractivity contribution in [1.82, 2.24) is 0 Å². The number of benzene rings is 5. The number of rotatable bonds is 2. The van der Waals surface area contributed by atoms with Crippen LogP contribution in [0.2, 0.25) is 0 Å². The molecule has 0 aromatic heterocycles. The van der Waals surface area contributed by atoms with Crippen LogP contribution < -0.4 is 0 Å². The van der Waals surface area contributed by atoms with Gasteiger partial charge in [-0.05, 0) is 149 Å². The third-order valence-corrected chi connectivity index (χ3v) is 19.6. The molecule has 7 aliphatic carbocycles. The molecular weight excluding hydrogens is 825 g/mol. The Morgan fingerprint density at radius 1 is 0.618 bits per heavy atom. The maximum absolute atomic E-state index is 7.20. The molecule has 5 aromatic rings. The van der Waals surface area contributed by atoms with Crippen LogP contribution in [-0.4, -0.2) is 6.10 Å². The Bertz CT molecular complexity index is 3410. The average molecular weight is 889 g/mol. The third-order valence-electron chi connectivity index (χ3n) is 19.6. The predicted octanol–water partition coefficient (Wildman–Crippen LogP) is 17.1. The van der Waals surface area contributed by atoms with E-state index in [1.165, 1.54) is 100 Å². The minimum absolute atomic E-state index is 0.0521. The molecule has 9 aliphatic rings. The van der Waals surface area contributed by atoms with E-state index in [4.69, 9.17) is 9.47 Å². The summed E-state index contributed by atoms with van der Waals surface area (Å²) in [6, 6.07) is 30.7. The quantitative estimate of drug-likeness (QED) is 0.0999. The van der Waals surface area contributed by atoms with E-state index in [1.54, 1.807) is 5.57 Å². The Morgan fingerprint density at radius 2 is 1.38 bits per heavy atom. The van der Waals surface area contributed by atoms with E-state index in [2.05, 4.69) is 195 Å². The maximum Gasteiger partial charge on any atom is 0.126 e. The Kier molecular flexibility index (Phi) is 8.41. The lowest BCUT2D eigenvalue weighted by Crippen LogP contribution is -2.44. The first-order valence-electron chi connectivity index (χ1n) is 25.9. The summed E-state index contributed by atoms with van der Waals surface area (Å²) in [6.07, 6.45) is 30.0. The zero-order valence-corrected chi connectivity index (χ0v) is 41.2. The molecule has 1 saturated carbocycles. The first kappa shape index (κ1) is 41.1. The lowest BCUT2D eigenvalue weighted by Gasteiger charge is -2.49. The summed E-state index contributed by atoms with van der Waals surface area (Å²) in [5.41, 5.74) is 14.1. The number of hydrogen-bond acceptors (Lipinski definition) is 2. The second-order valence-corrected chi connectivity index (χ2v) is 24.2. The normalized spacial score (nSPS) is 30.4. The molecule has 0 radical (unpaired) electrons. The van der Waals surface area contributed by atoms with E-state index in [0.29, 0.717) is 23.7 Å². The van der Waals surface area contributed by atoms with Gasteiger partial charge in [0, 0.05) is 34.7 Å². The van der Waals surface area contributed by atoms with E-state index in [1.807, 2.05) is 0 Å². The molecule has 2 nitrogen and oxygen atoms in total. The SMILES string of the molecule is CC1(C)C2=C(OC3=C1CCC=C3)C1c3ccc(-c4c5ccccc5c(C5=CC=C6C7C8=C(C=CC7C(C)(C)C6C5)C(C)(C)C5CCC=CC5O8)c5c4ccc4ccccc45)cc3C(C)(C)C1C=C2. The molecule has 14 rings (SSSR count). The summed E-state index contributed by atoms with van der Waals surface area (Å²) in [7, 11) is 0. The van der Waals surface area contributed by atoms with Crippen LogP contribution in [0.4, 0.5) is 0 Å². The summed E-state index contributed by atoms with van der Waals surface area (Å²) in [6.45, 7) is 19.8. The van der Waals surface area contributed by atoms with Gasteiger partial charge in [-0.2, -0.15) is 0 Å².